The number of unbranched alkanes of at least 4 members (excludes halogenated alkanes) is 1. The average Bonchev–Trinajstić information content (AvgIpc) is 2.61. The first kappa shape index (κ1) is 23.1. The van der Waals surface area contributed by atoms with Crippen LogP contribution < -0.4 is 15.8 Å². The van der Waals surface area contributed by atoms with Gasteiger partial charge < -0.3 is 15.8 Å². The minimum absolute atomic E-state index is 0. The summed E-state index contributed by atoms with van der Waals surface area (Å²) in [5, 5.41) is 2.99. The van der Waals surface area contributed by atoms with E-state index < -0.39 is 11.7 Å². The second-order valence-corrected chi connectivity index (χ2v) is 5.78. The molecule has 27 heavy (non-hydrogen) atoms. The molecule has 0 spiro atoms. The van der Waals surface area contributed by atoms with Gasteiger partial charge in [-0.25, -0.2) is 0 Å². The van der Waals surface area contributed by atoms with Crippen LogP contribution in [0.5, 0.6) is 5.75 Å². The lowest BCUT2D eigenvalue weighted by atomic mass is 10.1. The molecule has 2 aromatic carbocycles. The number of anilines is 1. The Balaban J connectivity index is 0.00000364. The van der Waals surface area contributed by atoms with Gasteiger partial charge in [0.1, 0.15) is 5.75 Å². The molecule has 0 atom stereocenters. The molecule has 0 fully saturated rings. The van der Waals surface area contributed by atoms with Gasteiger partial charge >= 0.3 is 6.18 Å². The molecule has 3 N–H and O–H groups in total. The van der Waals surface area contributed by atoms with Crippen LogP contribution in [0.25, 0.3) is 0 Å². The Labute approximate surface area is 174 Å². The van der Waals surface area contributed by atoms with Crippen LogP contribution in [-0.4, -0.2) is 19.6 Å². The molecule has 0 unspecified atom stereocenters. The molecule has 148 valence electrons. The number of guanidine groups is 1. The van der Waals surface area contributed by atoms with Gasteiger partial charge in [0.25, 0.3) is 0 Å². The topological polar surface area (TPSA) is 59.6 Å². The summed E-state index contributed by atoms with van der Waals surface area (Å²) in [6.45, 7) is 0.545. The van der Waals surface area contributed by atoms with Crippen LogP contribution in [0.4, 0.5) is 18.9 Å². The van der Waals surface area contributed by atoms with E-state index in [0.717, 1.165) is 42.0 Å². The smallest absolute Gasteiger partial charge is 0.416 e. The fourth-order valence-electron chi connectivity index (χ4n) is 2.39. The molecule has 0 saturated carbocycles. The van der Waals surface area contributed by atoms with Gasteiger partial charge in [0, 0.05) is 18.3 Å². The summed E-state index contributed by atoms with van der Waals surface area (Å²) < 4.78 is 42.7. The van der Waals surface area contributed by atoms with Crippen molar-refractivity contribution in [2.24, 2.45) is 10.7 Å². The molecule has 0 aliphatic heterocycles. The van der Waals surface area contributed by atoms with E-state index in [1.807, 2.05) is 24.3 Å². The minimum Gasteiger partial charge on any atom is -0.497 e. The van der Waals surface area contributed by atoms with Crippen LogP contribution in [0.3, 0.4) is 0 Å². The van der Waals surface area contributed by atoms with E-state index >= 15 is 0 Å². The zero-order valence-corrected chi connectivity index (χ0v) is 17.3. The van der Waals surface area contributed by atoms with Gasteiger partial charge in [-0.3, -0.25) is 4.99 Å². The number of hydrogen-bond acceptors (Lipinski definition) is 2. The highest BCUT2D eigenvalue weighted by Crippen LogP contribution is 2.29. The van der Waals surface area contributed by atoms with E-state index in [1.54, 1.807) is 7.11 Å². The van der Waals surface area contributed by atoms with E-state index in [9.17, 15) is 13.2 Å². The summed E-state index contributed by atoms with van der Waals surface area (Å²) in [4.78, 5) is 4.25. The van der Waals surface area contributed by atoms with Gasteiger partial charge in [-0.05, 0) is 49.1 Å². The molecule has 2 rings (SSSR count). The van der Waals surface area contributed by atoms with Crippen molar-refractivity contribution in [2.75, 3.05) is 19.0 Å². The number of nitrogens with one attached hydrogen (secondary N) is 1. The van der Waals surface area contributed by atoms with Gasteiger partial charge in [0.05, 0.1) is 12.7 Å². The molecule has 0 radical (unpaired) electrons. The lowest BCUT2D eigenvalue weighted by Gasteiger charge is -2.08. The Morgan fingerprint density at radius 1 is 1.11 bits per heavy atom. The van der Waals surface area contributed by atoms with Gasteiger partial charge in [0.15, 0.2) is 5.96 Å². The van der Waals surface area contributed by atoms with Crippen molar-refractivity contribution in [3.63, 3.8) is 0 Å². The van der Waals surface area contributed by atoms with E-state index in [0.29, 0.717) is 18.9 Å². The van der Waals surface area contributed by atoms with Crippen LogP contribution in [-0.2, 0) is 12.6 Å². The summed E-state index contributed by atoms with van der Waals surface area (Å²) in [7, 11) is 1.59. The molecular weight excluding hydrogens is 470 g/mol. The standard InChI is InChI=1S/C19H22F3N3O.HI/c1-26-17-7-4-6-16(13-17)25-18(23)24-12-3-2-5-14-8-10-15(11-9-14)19(20,21)22;/h4,6-11,13H,2-3,5,12H2,1H3,(H3,23,24,25);1H. The Bertz CT molecular complexity index is 734. The fraction of sp³-hybridized carbons (Fsp3) is 0.316. The van der Waals surface area contributed by atoms with E-state index in [1.165, 1.54) is 12.1 Å². The third-order valence-electron chi connectivity index (χ3n) is 3.78. The summed E-state index contributed by atoms with van der Waals surface area (Å²) in [5.41, 5.74) is 6.88. The fourth-order valence-corrected chi connectivity index (χ4v) is 2.39. The molecule has 0 aliphatic carbocycles. The van der Waals surface area contributed by atoms with E-state index in [2.05, 4.69) is 10.3 Å². The third-order valence-corrected chi connectivity index (χ3v) is 3.78. The van der Waals surface area contributed by atoms with Crippen LogP contribution in [0.15, 0.2) is 53.5 Å². The zero-order chi connectivity index (χ0) is 19.0. The zero-order valence-electron chi connectivity index (χ0n) is 14.9. The number of nitrogens with two attached hydrogens (primary N) is 1. The normalized spacial score (nSPS) is 11.6. The molecule has 0 aliphatic rings. The quantitative estimate of drug-likeness (QED) is 0.245. The SMILES string of the molecule is COc1cccc(NC(N)=NCCCCc2ccc(C(F)(F)F)cc2)c1.I. The number of benzene rings is 2. The summed E-state index contributed by atoms with van der Waals surface area (Å²) >= 11 is 0. The lowest BCUT2D eigenvalue weighted by Crippen LogP contribution is -2.22. The first-order valence-electron chi connectivity index (χ1n) is 8.25. The molecular formula is C19H23F3IN3O. The first-order chi connectivity index (χ1) is 12.4. The molecule has 0 amide bonds. The first-order valence-corrected chi connectivity index (χ1v) is 8.25. The molecule has 0 heterocycles. The van der Waals surface area contributed by atoms with Crippen LogP contribution in [0, 0.1) is 0 Å². The highest BCUT2D eigenvalue weighted by Gasteiger charge is 2.29. The summed E-state index contributed by atoms with van der Waals surface area (Å²) in [5.74, 6) is 1.03. The third kappa shape index (κ3) is 8.06. The number of alkyl halides is 3. The van der Waals surface area contributed by atoms with E-state index in [4.69, 9.17) is 10.5 Å². The predicted molar refractivity (Wildman–Crippen MR) is 113 cm³/mol. The average molecular weight is 493 g/mol. The van der Waals surface area contributed by atoms with Crippen molar-refractivity contribution in [2.45, 2.75) is 25.4 Å². The molecule has 2 aromatic rings. The van der Waals surface area contributed by atoms with Crippen molar-refractivity contribution in [3.05, 3.63) is 59.7 Å². The van der Waals surface area contributed by atoms with Crippen LogP contribution in [0.1, 0.15) is 24.0 Å². The van der Waals surface area contributed by atoms with Crippen molar-refractivity contribution >= 4 is 35.6 Å². The number of aliphatic imine (C=N–C) groups is 1. The predicted octanol–water partition coefficient (Wildman–Crippen LogP) is 5.08. The molecule has 0 aromatic heterocycles. The Hall–Kier alpha value is -1.97. The van der Waals surface area contributed by atoms with Crippen LogP contribution >= 0.6 is 24.0 Å². The monoisotopic (exact) mass is 493 g/mol. The van der Waals surface area contributed by atoms with Gasteiger partial charge in [0.2, 0.25) is 0 Å². The highest BCUT2D eigenvalue weighted by atomic mass is 127. The van der Waals surface area contributed by atoms with Crippen molar-refractivity contribution in [1.29, 1.82) is 0 Å². The molecule has 4 nitrogen and oxygen atoms in total. The lowest BCUT2D eigenvalue weighted by molar-refractivity contribution is -0.137. The second-order valence-electron chi connectivity index (χ2n) is 5.78. The maximum Gasteiger partial charge on any atom is 0.416 e. The molecule has 0 bridgehead atoms. The largest absolute Gasteiger partial charge is 0.497 e. The molecule has 0 saturated heterocycles. The Morgan fingerprint density at radius 2 is 1.81 bits per heavy atom. The minimum atomic E-state index is -4.29. The van der Waals surface area contributed by atoms with Crippen LogP contribution in [0.2, 0.25) is 0 Å². The number of halogens is 4. The van der Waals surface area contributed by atoms with E-state index in [-0.39, 0.29) is 24.0 Å². The Kier molecular flexibility index (Phi) is 9.40. The van der Waals surface area contributed by atoms with Crippen molar-refractivity contribution < 1.29 is 17.9 Å². The summed E-state index contributed by atoms with van der Waals surface area (Å²) in [6, 6.07) is 12.6. The highest BCUT2D eigenvalue weighted by molar-refractivity contribution is 14.0. The van der Waals surface area contributed by atoms with Gasteiger partial charge in [-0.15, -0.1) is 24.0 Å². The van der Waals surface area contributed by atoms with Crippen molar-refractivity contribution in [3.8, 4) is 5.75 Å². The van der Waals surface area contributed by atoms with Gasteiger partial charge in [-0.1, -0.05) is 18.2 Å². The number of aryl methyl sites for hydroxylation is 1. The maximum atomic E-state index is 12.5. The maximum absolute atomic E-state index is 12.5. The van der Waals surface area contributed by atoms with Gasteiger partial charge in [-0.2, -0.15) is 13.2 Å². The second kappa shape index (κ2) is 11.0. The number of ether oxygens (including phenoxy) is 1. The Morgan fingerprint density at radius 3 is 2.44 bits per heavy atom. The summed E-state index contributed by atoms with van der Waals surface area (Å²) in [6.07, 6.45) is -1.97. The van der Waals surface area contributed by atoms with Crippen molar-refractivity contribution in [1.82, 2.24) is 0 Å². The number of hydrogen-bond donors (Lipinski definition) is 2. The molecule has 8 heteroatoms. The number of methoxy groups -OCH3 is 1. The number of rotatable bonds is 7. The number of nitrogens with zero attached hydrogens (tertiary/aromatic N) is 1.